The van der Waals surface area contributed by atoms with E-state index in [0.717, 1.165) is 4.31 Å². The molecule has 17 heavy (non-hydrogen) atoms. The van der Waals surface area contributed by atoms with Gasteiger partial charge in [0.15, 0.2) is 0 Å². The van der Waals surface area contributed by atoms with Crippen molar-refractivity contribution < 1.29 is 28.2 Å². The number of nitrogens with zero attached hydrogens (tertiary/aromatic N) is 1. The van der Waals surface area contributed by atoms with E-state index in [4.69, 9.17) is 10.2 Å². The Labute approximate surface area is 99.1 Å². The summed E-state index contributed by atoms with van der Waals surface area (Å²) in [6.07, 6.45) is 0.411. The minimum atomic E-state index is -3.54. The first kappa shape index (κ1) is 13.9. The normalized spacial score (nSPS) is 25.9. The second kappa shape index (κ2) is 5.01. The van der Waals surface area contributed by atoms with Crippen LogP contribution in [-0.4, -0.2) is 53.7 Å². The fraction of sp³-hybridized carbons (Fsp3) is 0.778. The molecule has 0 unspecified atom stereocenters. The number of sulfonamides is 1. The number of hydrogen-bond donors (Lipinski definition) is 2. The minimum Gasteiger partial charge on any atom is -0.481 e. The van der Waals surface area contributed by atoms with Crippen molar-refractivity contribution >= 4 is 22.0 Å². The topological polar surface area (TPSA) is 112 Å². The van der Waals surface area contributed by atoms with Gasteiger partial charge < -0.3 is 10.2 Å². The van der Waals surface area contributed by atoms with E-state index in [2.05, 4.69) is 0 Å². The molecule has 1 heterocycles. The number of carboxylic acids is 2. The highest BCUT2D eigenvalue weighted by atomic mass is 32.2. The molecule has 2 N–H and O–H groups in total. The van der Waals surface area contributed by atoms with Crippen LogP contribution in [0.3, 0.4) is 0 Å². The third-order valence-electron chi connectivity index (χ3n) is 2.78. The lowest BCUT2D eigenvalue weighted by Gasteiger charge is -2.14. The Bertz CT molecular complexity index is 395. The van der Waals surface area contributed by atoms with Crippen molar-refractivity contribution in [3.8, 4) is 0 Å². The van der Waals surface area contributed by atoms with Crippen molar-refractivity contribution in [3.05, 3.63) is 0 Å². The molecular formula is C9H15NO6S. The van der Waals surface area contributed by atoms with Crippen molar-refractivity contribution in [2.45, 2.75) is 13.3 Å². The van der Waals surface area contributed by atoms with E-state index in [9.17, 15) is 18.0 Å². The molecule has 0 aromatic carbocycles. The van der Waals surface area contributed by atoms with Crippen LogP contribution in [0.2, 0.25) is 0 Å². The Morgan fingerprint density at radius 1 is 1.18 bits per heavy atom. The predicted molar refractivity (Wildman–Crippen MR) is 57.9 cm³/mol. The molecule has 0 amide bonds. The van der Waals surface area contributed by atoms with E-state index < -0.39 is 33.8 Å². The van der Waals surface area contributed by atoms with Crippen LogP contribution >= 0.6 is 0 Å². The van der Waals surface area contributed by atoms with E-state index in [0.29, 0.717) is 6.42 Å². The van der Waals surface area contributed by atoms with Gasteiger partial charge >= 0.3 is 11.9 Å². The largest absolute Gasteiger partial charge is 0.481 e. The zero-order valence-electron chi connectivity index (χ0n) is 9.37. The van der Waals surface area contributed by atoms with Crippen molar-refractivity contribution in [1.82, 2.24) is 4.31 Å². The molecule has 0 aromatic heterocycles. The molecule has 2 atom stereocenters. The molecule has 0 aliphatic carbocycles. The smallest absolute Gasteiger partial charge is 0.308 e. The van der Waals surface area contributed by atoms with Crippen LogP contribution < -0.4 is 0 Å². The Kier molecular flexibility index (Phi) is 4.10. The Hall–Kier alpha value is -1.15. The summed E-state index contributed by atoms with van der Waals surface area (Å²) in [5, 5.41) is 17.7. The molecule has 0 aromatic rings. The number of carboxylic acid groups (broad SMARTS) is 2. The van der Waals surface area contributed by atoms with Gasteiger partial charge in [-0.2, -0.15) is 0 Å². The molecule has 1 rings (SSSR count). The summed E-state index contributed by atoms with van der Waals surface area (Å²) in [4.78, 5) is 21.7. The summed E-state index contributed by atoms with van der Waals surface area (Å²) in [5.41, 5.74) is 0. The van der Waals surface area contributed by atoms with Gasteiger partial charge in [0.05, 0.1) is 17.6 Å². The van der Waals surface area contributed by atoms with Crippen molar-refractivity contribution in [1.29, 1.82) is 0 Å². The summed E-state index contributed by atoms with van der Waals surface area (Å²) in [6, 6.07) is 0. The maximum absolute atomic E-state index is 11.7. The molecule has 1 saturated heterocycles. The second-order valence-corrected chi connectivity index (χ2v) is 6.11. The Morgan fingerprint density at radius 2 is 1.59 bits per heavy atom. The highest BCUT2D eigenvalue weighted by molar-refractivity contribution is 7.89. The Morgan fingerprint density at radius 3 is 1.88 bits per heavy atom. The lowest BCUT2D eigenvalue weighted by molar-refractivity contribution is -0.151. The van der Waals surface area contributed by atoms with Crippen LogP contribution in [0.5, 0.6) is 0 Å². The van der Waals surface area contributed by atoms with E-state index in [1.807, 2.05) is 0 Å². The van der Waals surface area contributed by atoms with Gasteiger partial charge in [0.25, 0.3) is 0 Å². The average molecular weight is 265 g/mol. The molecule has 8 heteroatoms. The minimum absolute atomic E-state index is 0.0916. The SMILES string of the molecule is CCCS(=O)(=O)N1C[C@H](C(=O)O)[C@@H](C(=O)O)C1. The molecule has 7 nitrogen and oxygen atoms in total. The monoisotopic (exact) mass is 265 g/mol. The fourth-order valence-corrected chi connectivity index (χ4v) is 3.43. The first-order valence-corrected chi connectivity index (χ1v) is 6.84. The molecule has 1 aliphatic rings. The second-order valence-electron chi connectivity index (χ2n) is 4.02. The highest BCUT2D eigenvalue weighted by Gasteiger charge is 2.45. The van der Waals surface area contributed by atoms with Crippen LogP contribution in [-0.2, 0) is 19.6 Å². The third-order valence-corrected chi connectivity index (χ3v) is 4.79. The zero-order valence-corrected chi connectivity index (χ0v) is 10.2. The molecule has 1 fully saturated rings. The Balaban J connectivity index is 2.90. The molecule has 0 bridgehead atoms. The number of hydrogen-bond acceptors (Lipinski definition) is 4. The quantitative estimate of drug-likeness (QED) is 0.689. The van der Waals surface area contributed by atoms with E-state index in [-0.39, 0.29) is 18.8 Å². The van der Waals surface area contributed by atoms with Crippen LogP contribution in [0.15, 0.2) is 0 Å². The van der Waals surface area contributed by atoms with Crippen LogP contribution in [0.4, 0.5) is 0 Å². The van der Waals surface area contributed by atoms with Gasteiger partial charge in [-0.25, -0.2) is 12.7 Å². The van der Waals surface area contributed by atoms with Crippen molar-refractivity contribution in [2.24, 2.45) is 11.8 Å². The third kappa shape index (κ3) is 2.95. The maximum Gasteiger partial charge on any atom is 0.308 e. The number of rotatable bonds is 5. The lowest BCUT2D eigenvalue weighted by atomic mass is 9.97. The average Bonchev–Trinajstić information content (AvgIpc) is 2.62. The van der Waals surface area contributed by atoms with Gasteiger partial charge in [0.1, 0.15) is 0 Å². The van der Waals surface area contributed by atoms with Gasteiger partial charge in [-0.3, -0.25) is 9.59 Å². The van der Waals surface area contributed by atoms with Crippen LogP contribution in [0, 0.1) is 11.8 Å². The van der Waals surface area contributed by atoms with Crippen LogP contribution in [0.1, 0.15) is 13.3 Å². The first-order chi connectivity index (χ1) is 7.79. The lowest BCUT2D eigenvalue weighted by Crippen LogP contribution is -2.32. The van der Waals surface area contributed by atoms with E-state index in [1.165, 1.54) is 0 Å². The molecule has 0 spiro atoms. The summed E-state index contributed by atoms with van der Waals surface area (Å²) in [5.74, 6) is -4.97. The van der Waals surface area contributed by atoms with Crippen molar-refractivity contribution in [2.75, 3.05) is 18.8 Å². The molecule has 98 valence electrons. The summed E-state index contributed by atoms with van der Waals surface area (Å²) < 4.78 is 24.4. The predicted octanol–water partition coefficient (Wildman–Crippen LogP) is -0.557. The molecule has 1 aliphatic heterocycles. The summed E-state index contributed by atoms with van der Waals surface area (Å²) in [7, 11) is -3.54. The molecule has 0 radical (unpaired) electrons. The van der Waals surface area contributed by atoms with E-state index >= 15 is 0 Å². The van der Waals surface area contributed by atoms with Gasteiger partial charge in [-0.15, -0.1) is 0 Å². The number of carbonyl (C=O) groups is 2. The summed E-state index contributed by atoms with van der Waals surface area (Å²) in [6.45, 7) is 1.18. The molecular weight excluding hydrogens is 250 g/mol. The van der Waals surface area contributed by atoms with Gasteiger partial charge in [0.2, 0.25) is 10.0 Å². The van der Waals surface area contributed by atoms with Crippen LogP contribution in [0.25, 0.3) is 0 Å². The number of aliphatic carboxylic acids is 2. The van der Waals surface area contributed by atoms with Gasteiger partial charge in [-0.05, 0) is 6.42 Å². The first-order valence-electron chi connectivity index (χ1n) is 5.23. The highest BCUT2D eigenvalue weighted by Crippen LogP contribution is 2.26. The molecule has 0 saturated carbocycles. The fourth-order valence-electron chi connectivity index (χ4n) is 1.88. The van der Waals surface area contributed by atoms with Gasteiger partial charge in [-0.1, -0.05) is 6.92 Å². The summed E-state index contributed by atoms with van der Waals surface area (Å²) >= 11 is 0. The maximum atomic E-state index is 11.7. The standard InChI is InChI=1S/C9H15NO6S/c1-2-3-17(15,16)10-4-6(8(11)12)7(5-10)9(13)14/h6-7H,2-5H2,1H3,(H,11,12)(H,13,14)/t6-,7-/m0/s1. The zero-order chi connectivity index (χ0) is 13.2. The van der Waals surface area contributed by atoms with Crippen molar-refractivity contribution in [3.63, 3.8) is 0 Å². The van der Waals surface area contributed by atoms with Gasteiger partial charge in [0, 0.05) is 13.1 Å². The van der Waals surface area contributed by atoms with E-state index in [1.54, 1.807) is 6.92 Å².